The Hall–Kier alpha value is -2.62. The van der Waals surface area contributed by atoms with Crippen LogP contribution in [0.4, 0.5) is 0 Å². The molecular formula is C16H16N2O2. The van der Waals surface area contributed by atoms with E-state index in [2.05, 4.69) is 10.5 Å². The lowest BCUT2D eigenvalue weighted by Gasteiger charge is -2.05. The Kier molecular flexibility index (Phi) is 4.89. The molecule has 102 valence electrons. The molecule has 20 heavy (non-hydrogen) atoms. The molecule has 0 aromatic heterocycles. The van der Waals surface area contributed by atoms with Gasteiger partial charge in [-0.25, -0.2) is 5.43 Å². The third kappa shape index (κ3) is 4.24. The van der Waals surface area contributed by atoms with E-state index < -0.39 is 0 Å². The quantitative estimate of drug-likeness (QED) is 0.669. The Morgan fingerprint density at radius 1 is 1.05 bits per heavy atom. The van der Waals surface area contributed by atoms with E-state index in [-0.39, 0.29) is 12.5 Å². The van der Waals surface area contributed by atoms with Gasteiger partial charge in [0, 0.05) is 0 Å². The highest BCUT2D eigenvalue weighted by Crippen LogP contribution is 2.07. The molecule has 2 aromatic rings. The van der Waals surface area contributed by atoms with Gasteiger partial charge in [-0.05, 0) is 24.6 Å². The molecule has 1 amide bonds. The molecule has 0 radical (unpaired) electrons. The lowest BCUT2D eigenvalue weighted by Crippen LogP contribution is -2.25. The summed E-state index contributed by atoms with van der Waals surface area (Å²) in [6.07, 6.45) is 0. The van der Waals surface area contributed by atoms with Crippen LogP contribution in [0.15, 0.2) is 65.8 Å². The zero-order chi connectivity index (χ0) is 14.2. The van der Waals surface area contributed by atoms with Crippen molar-refractivity contribution < 1.29 is 9.53 Å². The number of hydrazone groups is 1. The standard InChI is InChI=1S/C16H16N2O2/c1-13(14-8-4-2-5-9-14)17-18-16(19)12-20-15-10-6-3-7-11-15/h2-11H,12H2,1H3,(H,18,19)/b17-13+. The zero-order valence-electron chi connectivity index (χ0n) is 11.2. The van der Waals surface area contributed by atoms with E-state index in [1.807, 2.05) is 55.5 Å². The van der Waals surface area contributed by atoms with Crippen molar-refractivity contribution in [3.63, 3.8) is 0 Å². The first-order chi connectivity index (χ1) is 9.75. The maximum Gasteiger partial charge on any atom is 0.277 e. The Morgan fingerprint density at radius 2 is 1.65 bits per heavy atom. The van der Waals surface area contributed by atoms with Gasteiger partial charge in [-0.1, -0.05) is 48.5 Å². The fraction of sp³-hybridized carbons (Fsp3) is 0.125. The molecule has 0 atom stereocenters. The topological polar surface area (TPSA) is 50.7 Å². The van der Waals surface area contributed by atoms with Crippen molar-refractivity contribution in [1.82, 2.24) is 5.43 Å². The molecule has 0 aliphatic heterocycles. The van der Waals surface area contributed by atoms with Crippen LogP contribution in [0.1, 0.15) is 12.5 Å². The summed E-state index contributed by atoms with van der Waals surface area (Å²) >= 11 is 0. The van der Waals surface area contributed by atoms with Crippen molar-refractivity contribution in [2.45, 2.75) is 6.92 Å². The molecule has 0 aliphatic rings. The maximum absolute atomic E-state index is 11.6. The molecule has 0 heterocycles. The molecule has 0 spiro atoms. The monoisotopic (exact) mass is 268 g/mol. The normalized spacial score (nSPS) is 10.9. The minimum absolute atomic E-state index is 0.0599. The number of nitrogens with one attached hydrogen (secondary N) is 1. The minimum atomic E-state index is -0.288. The number of ether oxygens (including phenoxy) is 1. The molecule has 2 rings (SSSR count). The number of carbonyl (C=O) groups excluding carboxylic acids is 1. The lowest BCUT2D eigenvalue weighted by molar-refractivity contribution is -0.123. The molecule has 0 saturated heterocycles. The van der Waals surface area contributed by atoms with Gasteiger partial charge in [-0.15, -0.1) is 0 Å². The van der Waals surface area contributed by atoms with Gasteiger partial charge < -0.3 is 4.74 Å². The van der Waals surface area contributed by atoms with E-state index in [0.717, 1.165) is 11.3 Å². The Morgan fingerprint density at radius 3 is 2.30 bits per heavy atom. The van der Waals surface area contributed by atoms with Crippen LogP contribution in [0.25, 0.3) is 0 Å². The highest BCUT2D eigenvalue weighted by Gasteiger charge is 2.02. The van der Waals surface area contributed by atoms with Crippen LogP contribution in [0.5, 0.6) is 5.75 Å². The largest absolute Gasteiger partial charge is 0.484 e. The van der Waals surface area contributed by atoms with Crippen molar-refractivity contribution in [2.24, 2.45) is 5.10 Å². The first kappa shape index (κ1) is 13.8. The second-order valence-corrected chi connectivity index (χ2v) is 4.20. The molecule has 4 heteroatoms. The molecule has 2 aromatic carbocycles. The molecule has 0 aliphatic carbocycles. The number of benzene rings is 2. The smallest absolute Gasteiger partial charge is 0.277 e. The summed E-state index contributed by atoms with van der Waals surface area (Å²) < 4.78 is 5.32. The van der Waals surface area contributed by atoms with Crippen LogP contribution in [0.2, 0.25) is 0 Å². The highest BCUT2D eigenvalue weighted by atomic mass is 16.5. The minimum Gasteiger partial charge on any atom is -0.484 e. The van der Waals surface area contributed by atoms with Gasteiger partial charge in [0.05, 0.1) is 5.71 Å². The van der Waals surface area contributed by atoms with Gasteiger partial charge in [0.2, 0.25) is 0 Å². The lowest BCUT2D eigenvalue weighted by atomic mass is 10.1. The fourth-order valence-corrected chi connectivity index (χ4v) is 1.59. The molecule has 0 fully saturated rings. The molecule has 0 unspecified atom stereocenters. The van der Waals surface area contributed by atoms with Gasteiger partial charge >= 0.3 is 0 Å². The van der Waals surface area contributed by atoms with Crippen LogP contribution < -0.4 is 10.2 Å². The fourth-order valence-electron chi connectivity index (χ4n) is 1.59. The van der Waals surface area contributed by atoms with Crippen molar-refractivity contribution in [3.05, 3.63) is 66.2 Å². The summed E-state index contributed by atoms with van der Waals surface area (Å²) in [5, 5.41) is 4.04. The van der Waals surface area contributed by atoms with E-state index >= 15 is 0 Å². The number of carbonyl (C=O) groups is 1. The molecule has 4 nitrogen and oxygen atoms in total. The van der Waals surface area contributed by atoms with Crippen LogP contribution in [-0.4, -0.2) is 18.2 Å². The van der Waals surface area contributed by atoms with Gasteiger partial charge in [0.25, 0.3) is 5.91 Å². The molecule has 0 bridgehead atoms. The van der Waals surface area contributed by atoms with Gasteiger partial charge in [0.1, 0.15) is 5.75 Å². The second kappa shape index (κ2) is 7.09. The Bertz CT molecular complexity index is 580. The number of nitrogens with zero attached hydrogens (tertiary/aromatic N) is 1. The van der Waals surface area contributed by atoms with Crippen LogP contribution in [0.3, 0.4) is 0 Å². The van der Waals surface area contributed by atoms with E-state index in [1.165, 1.54) is 0 Å². The average Bonchev–Trinajstić information content (AvgIpc) is 2.52. The number of hydrogen-bond donors (Lipinski definition) is 1. The van der Waals surface area contributed by atoms with Crippen molar-refractivity contribution in [3.8, 4) is 5.75 Å². The second-order valence-electron chi connectivity index (χ2n) is 4.20. The number of hydrogen-bond acceptors (Lipinski definition) is 3. The van der Waals surface area contributed by atoms with Crippen molar-refractivity contribution in [2.75, 3.05) is 6.61 Å². The third-order valence-electron chi connectivity index (χ3n) is 2.65. The maximum atomic E-state index is 11.6. The highest BCUT2D eigenvalue weighted by molar-refractivity contribution is 5.99. The number of amides is 1. The first-order valence-electron chi connectivity index (χ1n) is 6.32. The van der Waals surface area contributed by atoms with E-state index in [1.54, 1.807) is 12.1 Å². The first-order valence-corrected chi connectivity index (χ1v) is 6.32. The molecule has 0 saturated carbocycles. The van der Waals surface area contributed by atoms with Gasteiger partial charge in [-0.2, -0.15) is 5.10 Å². The zero-order valence-corrected chi connectivity index (χ0v) is 11.2. The van der Waals surface area contributed by atoms with Crippen molar-refractivity contribution >= 4 is 11.6 Å². The van der Waals surface area contributed by atoms with E-state index in [9.17, 15) is 4.79 Å². The van der Waals surface area contributed by atoms with Crippen LogP contribution in [-0.2, 0) is 4.79 Å². The summed E-state index contributed by atoms with van der Waals surface area (Å²) in [5.74, 6) is 0.371. The van der Waals surface area contributed by atoms with Crippen LogP contribution in [0, 0.1) is 0 Å². The predicted molar refractivity (Wildman–Crippen MR) is 78.7 cm³/mol. The summed E-state index contributed by atoms with van der Waals surface area (Å²) in [6, 6.07) is 18.8. The number of rotatable bonds is 5. The Balaban J connectivity index is 1.83. The summed E-state index contributed by atoms with van der Waals surface area (Å²) in [6.45, 7) is 1.78. The summed E-state index contributed by atoms with van der Waals surface area (Å²) in [4.78, 5) is 11.6. The van der Waals surface area contributed by atoms with Gasteiger partial charge in [0.15, 0.2) is 6.61 Å². The summed E-state index contributed by atoms with van der Waals surface area (Å²) in [5.41, 5.74) is 4.19. The predicted octanol–water partition coefficient (Wildman–Crippen LogP) is 2.61. The molecule has 1 N–H and O–H groups in total. The SMILES string of the molecule is C/C(=N\NC(=O)COc1ccccc1)c1ccccc1. The van der Waals surface area contributed by atoms with Crippen LogP contribution >= 0.6 is 0 Å². The van der Waals surface area contributed by atoms with E-state index in [4.69, 9.17) is 4.74 Å². The average molecular weight is 268 g/mol. The third-order valence-corrected chi connectivity index (χ3v) is 2.65. The molecular weight excluding hydrogens is 252 g/mol. The number of para-hydroxylation sites is 1. The Labute approximate surface area is 118 Å². The summed E-state index contributed by atoms with van der Waals surface area (Å²) in [7, 11) is 0. The van der Waals surface area contributed by atoms with E-state index in [0.29, 0.717) is 5.75 Å². The van der Waals surface area contributed by atoms with Gasteiger partial charge in [-0.3, -0.25) is 4.79 Å². The van der Waals surface area contributed by atoms with Crippen molar-refractivity contribution in [1.29, 1.82) is 0 Å².